The van der Waals surface area contributed by atoms with Gasteiger partial charge in [0.05, 0.1) is 24.8 Å². The van der Waals surface area contributed by atoms with Crippen LogP contribution < -0.4 is 15.6 Å². The van der Waals surface area contributed by atoms with Crippen LogP contribution in [0.3, 0.4) is 0 Å². The predicted octanol–water partition coefficient (Wildman–Crippen LogP) is 6.64. The van der Waals surface area contributed by atoms with Gasteiger partial charge in [-0.1, -0.05) is 114 Å². The topological polar surface area (TPSA) is 224 Å². The number of aryl methyl sites for hydroxylation is 1. The van der Waals surface area contributed by atoms with Gasteiger partial charge in [0.1, 0.15) is 42.5 Å². The Bertz CT molecular complexity index is 2320. The smallest absolute Gasteiger partial charge is 0.411 e. The maximum Gasteiger partial charge on any atom is 0.411 e. The number of carbonyl (C=O) groups excluding carboxylic acids is 5. The molecule has 0 bridgehead atoms. The molecule has 3 atom stereocenters. The molecule has 0 saturated heterocycles. The molecular formula is C44H49Cl3N4O12S. The average molecular weight is 964 g/mol. The number of benzene rings is 4. The first-order valence-corrected chi connectivity index (χ1v) is 22.6. The van der Waals surface area contributed by atoms with E-state index in [9.17, 15) is 32.4 Å². The molecule has 0 aromatic heterocycles. The Morgan fingerprint density at radius 1 is 0.781 bits per heavy atom. The summed E-state index contributed by atoms with van der Waals surface area (Å²) in [7, 11) is -4.65. The van der Waals surface area contributed by atoms with E-state index < -0.39 is 86.4 Å². The van der Waals surface area contributed by atoms with E-state index in [0.717, 1.165) is 21.4 Å². The molecule has 0 fully saturated rings. The molecule has 0 radical (unpaired) electrons. The molecular weight excluding hydrogens is 915 g/mol. The van der Waals surface area contributed by atoms with Gasteiger partial charge in [-0.05, 0) is 69.0 Å². The van der Waals surface area contributed by atoms with E-state index in [1.807, 2.05) is 0 Å². The van der Waals surface area contributed by atoms with Gasteiger partial charge < -0.3 is 34.3 Å². The van der Waals surface area contributed by atoms with Crippen molar-refractivity contribution < 1.29 is 56.1 Å². The summed E-state index contributed by atoms with van der Waals surface area (Å²) >= 11 is 17.8. The van der Waals surface area contributed by atoms with Crippen LogP contribution in [0.15, 0.2) is 108 Å². The maximum atomic E-state index is 15.0. The summed E-state index contributed by atoms with van der Waals surface area (Å²) < 4.78 is 51.7. The van der Waals surface area contributed by atoms with E-state index >= 15 is 0 Å². The van der Waals surface area contributed by atoms with Crippen LogP contribution in [0.4, 0.5) is 4.79 Å². The number of carbonyl (C=O) groups is 5. The normalized spacial score (nSPS) is 12.8. The standard InChI is InChI=1S/C44H49Cl3N4O12S/c1-4-59-41(54)32-23-34(39(37(24-32)64(49,57)58)63-33-19-13-8-14-20-33)35(48)25-50(26-38(52)61-27-31-17-11-7-12-18-31)40(53)29(3)51(43(56)62-28-44(45,46)47)36(42(55)60-5-2)22-21-30-15-9-6-10-16-30/h6-20,23-24,29,35-36H,4-5,21-22,25-28,48H2,1-3H3,(H2,49,57,58)/t29-,35?,36-/m0/s1. The summed E-state index contributed by atoms with van der Waals surface area (Å²) in [5.74, 6) is -3.93. The van der Waals surface area contributed by atoms with Crippen molar-refractivity contribution in [1.82, 2.24) is 9.80 Å². The Morgan fingerprint density at radius 3 is 1.92 bits per heavy atom. The van der Waals surface area contributed by atoms with Crippen LogP contribution in [-0.4, -0.2) is 96.9 Å². The average Bonchev–Trinajstić information content (AvgIpc) is 3.26. The lowest BCUT2D eigenvalue weighted by atomic mass is 10.0. The summed E-state index contributed by atoms with van der Waals surface area (Å²) in [6.07, 6.45) is -1.08. The van der Waals surface area contributed by atoms with Crippen molar-refractivity contribution in [3.63, 3.8) is 0 Å². The highest BCUT2D eigenvalue weighted by Gasteiger charge is 2.41. The van der Waals surface area contributed by atoms with Crippen molar-refractivity contribution >= 4 is 74.7 Å². The molecule has 0 heterocycles. The number of hydrogen-bond acceptors (Lipinski definition) is 13. The number of sulfonamides is 1. The molecule has 0 aliphatic heterocycles. The number of para-hydroxylation sites is 1. The number of rotatable bonds is 21. The number of nitrogens with zero attached hydrogens (tertiary/aromatic N) is 2. The molecule has 64 heavy (non-hydrogen) atoms. The number of amides is 2. The largest absolute Gasteiger partial charge is 0.464 e. The Labute approximate surface area is 386 Å². The zero-order valence-corrected chi connectivity index (χ0v) is 38.3. The Morgan fingerprint density at radius 2 is 1.36 bits per heavy atom. The second kappa shape index (κ2) is 24.0. The monoisotopic (exact) mass is 962 g/mol. The van der Waals surface area contributed by atoms with Gasteiger partial charge in [-0.15, -0.1) is 0 Å². The molecule has 1 unspecified atom stereocenters. The zero-order chi connectivity index (χ0) is 47.0. The van der Waals surface area contributed by atoms with Crippen molar-refractivity contribution in [3.05, 3.63) is 125 Å². The number of alkyl halides is 3. The molecule has 4 rings (SSSR count). The number of esters is 3. The van der Waals surface area contributed by atoms with E-state index in [1.165, 1.54) is 25.1 Å². The highest BCUT2D eigenvalue weighted by atomic mass is 35.6. The van der Waals surface area contributed by atoms with Gasteiger partial charge in [0, 0.05) is 12.1 Å². The van der Waals surface area contributed by atoms with Gasteiger partial charge in [-0.25, -0.2) is 27.9 Å². The summed E-state index contributed by atoms with van der Waals surface area (Å²) in [6, 6.07) is 23.3. The number of nitrogens with two attached hydrogens (primary N) is 2. The van der Waals surface area contributed by atoms with Gasteiger partial charge in [0.25, 0.3) is 0 Å². The first-order chi connectivity index (χ1) is 30.3. The molecule has 20 heteroatoms. The molecule has 0 aliphatic carbocycles. The molecule has 4 N–H and O–H groups in total. The fourth-order valence-corrected chi connectivity index (χ4v) is 7.25. The van der Waals surface area contributed by atoms with E-state index in [-0.39, 0.29) is 55.3 Å². The van der Waals surface area contributed by atoms with E-state index in [2.05, 4.69) is 0 Å². The van der Waals surface area contributed by atoms with Crippen LogP contribution in [-0.2, 0) is 56.4 Å². The summed E-state index contributed by atoms with van der Waals surface area (Å²) in [4.78, 5) is 70.6. The zero-order valence-electron chi connectivity index (χ0n) is 35.2. The molecule has 344 valence electrons. The minimum absolute atomic E-state index is 0.0703. The van der Waals surface area contributed by atoms with Gasteiger partial charge in [-0.3, -0.25) is 14.5 Å². The van der Waals surface area contributed by atoms with Gasteiger partial charge in [-0.2, -0.15) is 0 Å². The fourth-order valence-electron chi connectivity index (χ4n) is 6.38. The molecule has 4 aromatic carbocycles. The Balaban J connectivity index is 1.85. The number of primary sulfonamides is 1. The molecule has 0 spiro atoms. The highest BCUT2D eigenvalue weighted by Crippen LogP contribution is 2.37. The summed E-state index contributed by atoms with van der Waals surface area (Å²) in [6.45, 7) is 1.86. The molecule has 0 aliphatic rings. The van der Waals surface area contributed by atoms with E-state index in [1.54, 1.807) is 92.7 Å². The second-order valence-corrected chi connectivity index (χ2v) is 18.1. The van der Waals surface area contributed by atoms with Gasteiger partial charge in [0.2, 0.25) is 19.7 Å². The van der Waals surface area contributed by atoms with Crippen LogP contribution in [0.2, 0.25) is 0 Å². The third kappa shape index (κ3) is 15.4. The summed E-state index contributed by atoms with van der Waals surface area (Å²) in [5, 5.41) is 5.67. The molecule has 4 aromatic rings. The number of hydrogen-bond donors (Lipinski definition) is 2. The first kappa shape index (κ1) is 51.2. The number of halogens is 3. The maximum absolute atomic E-state index is 15.0. The van der Waals surface area contributed by atoms with Crippen LogP contribution in [0, 0.1) is 0 Å². The van der Waals surface area contributed by atoms with Crippen molar-refractivity contribution in [3.8, 4) is 11.5 Å². The van der Waals surface area contributed by atoms with Crippen LogP contribution in [0.1, 0.15) is 60.3 Å². The van der Waals surface area contributed by atoms with Gasteiger partial charge in [0.15, 0.2) is 5.75 Å². The SMILES string of the molecule is CCOC(=O)c1cc(C(N)CN(CC(=O)OCc2ccccc2)C(=O)[C@H](C)N(C(=O)OCC(Cl)(Cl)Cl)[C@@H](CCc2ccccc2)C(=O)OCC)c(Oc2ccccc2)c(S(N)(=O)=O)c1. The molecule has 0 saturated carbocycles. The minimum Gasteiger partial charge on any atom is -0.464 e. The van der Waals surface area contributed by atoms with Crippen molar-refractivity contribution in [2.45, 2.75) is 67.0 Å². The predicted molar refractivity (Wildman–Crippen MR) is 238 cm³/mol. The van der Waals surface area contributed by atoms with Gasteiger partial charge >= 0.3 is 24.0 Å². The lowest BCUT2D eigenvalue weighted by Gasteiger charge is -2.37. The van der Waals surface area contributed by atoms with Crippen LogP contribution in [0.25, 0.3) is 0 Å². The lowest BCUT2D eigenvalue weighted by molar-refractivity contribution is -0.155. The quantitative estimate of drug-likeness (QED) is 0.0509. The van der Waals surface area contributed by atoms with Crippen molar-refractivity contribution in [1.29, 1.82) is 0 Å². The minimum atomic E-state index is -4.65. The highest BCUT2D eigenvalue weighted by molar-refractivity contribution is 7.89. The molecule has 2 amide bonds. The lowest BCUT2D eigenvalue weighted by Crippen LogP contribution is -2.57. The van der Waals surface area contributed by atoms with Crippen LogP contribution >= 0.6 is 34.8 Å². The first-order valence-electron chi connectivity index (χ1n) is 19.9. The van der Waals surface area contributed by atoms with E-state index in [4.69, 9.17) is 69.4 Å². The second-order valence-electron chi connectivity index (χ2n) is 14.1. The Hall–Kier alpha value is -5.43. The van der Waals surface area contributed by atoms with Crippen LogP contribution in [0.5, 0.6) is 11.5 Å². The van der Waals surface area contributed by atoms with Crippen molar-refractivity contribution in [2.24, 2.45) is 10.9 Å². The van der Waals surface area contributed by atoms with Crippen molar-refractivity contribution in [2.75, 3.05) is 32.9 Å². The molecule has 16 nitrogen and oxygen atoms in total. The number of ether oxygens (including phenoxy) is 5. The van der Waals surface area contributed by atoms with E-state index in [0.29, 0.717) is 5.56 Å². The summed E-state index contributed by atoms with van der Waals surface area (Å²) in [5.41, 5.74) is 7.84. The fraction of sp³-hybridized carbons (Fsp3) is 0.341. The Kier molecular flexibility index (Phi) is 19.2. The third-order valence-electron chi connectivity index (χ3n) is 9.34. The third-order valence-corrected chi connectivity index (χ3v) is 10.6.